The van der Waals surface area contributed by atoms with E-state index in [-0.39, 0.29) is 18.0 Å². The summed E-state index contributed by atoms with van der Waals surface area (Å²) in [5, 5.41) is 0. The van der Waals surface area contributed by atoms with E-state index in [1.54, 1.807) is 6.07 Å². The van der Waals surface area contributed by atoms with Crippen molar-refractivity contribution in [3.8, 4) is 0 Å². The van der Waals surface area contributed by atoms with E-state index in [2.05, 4.69) is 0 Å². The van der Waals surface area contributed by atoms with Gasteiger partial charge in [0, 0.05) is 5.56 Å². The molecule has 0 atom stereocenters. The first-order chi connectivity index (χ1) is 8.44. The predicted octanol–water partition coefficient (Wildman–Crippen LogP) is 1.21. The van der Waals surface area contributed by atoms with Crippen LogP contribution in [0, 0.1) is 0 Å². The molecule has 0 saturated heterocycles. The summed E-state index contributed by atoms with van der Waals surface area (Å²) in [7, 11) is 0. The SMILES string of the molecule is CC(C)(C)OCCOCc1ccoc1C(=O)NN. The van der Waals surface area contributed by atoms with Crippen LogP contribution in [-0.4, -0.2) is 24.7 Å². The molecule has 1 aromatic heterocycles. The Balaban J connectivity index is 2.32. The van der Waals surface area contributed by atoms with Crippen molar-refractivity contribution in [3.63, 3.8) is 0 Å². The molecule has 0 unspecified atom stereocenters. The lowest BCUT2D eigenvalue weighted by atomic mass is 10.2. The largest absolute Gasteiger partial charge is 0.459 e. The van der Waals surface area contributed by atoms with Crippen molar-refractivity contribution >= 4 is 5.91 Å². The molecular weight excluding hydrogens is 236 g/mol. The molecule has 0 radical (unpaired) electrons. The maximum atomic E-state index is 11.3. The number of hydrazine groups is 1. The molecule has 1 aromatic rings. The molecule has 1 amide bonds. The van der Waals surface area contributed by atoms with Gasteiger partial charge in [0.15, 0.2) is 5.76 Å². The van der Waals surface area contributed by atoms with Crippen LogP contribution >= 0.6 is 0 Å². The molecule has 0 aromatic carbocycles. The van der Waals surface area contributed by atoms with Gasteiger partial charge in [-0.2, -0.15) is 0 Å². The second-order valence-corrected chi connectivity index (χ2v) is 4.76. The van der Waals surface area contributed by atoms with Gasteiger partial charge in [-0.05, 0) is 26.8 Å². The Hall–Kier alpha value is -1.37. The lowest BCUT2D eigenvalue weighted by molar-refractivity contribution is -0.0377. The van der Waals surface area contributed by atoms with Gasteiger partial charge in [-0.1, -0.05) is 0 Å². The number of furan rings is 1. The molecule has 6 heteroatoms. The number of nitrogens with one attached hydrogen (secondary N) is 1. The van der Waals surface area contributed by atoms with E-state index >= 15 is 0 Å². The Kier molecular flexibility index (Phi) is 5.33. The summed E-state index contributed by atoms with van der Waals surface area (Å²) in [6, 6.07) is 1.68. The number of carbonyl (C=O) groups excluding carboxylic acids is 1. The van der Waals surface area contributed by atoms with E-state index in [4.69, 9.17) is 19.7 Å². The van der Waals surface area contributed by atoms with Crippen LogP contribution in [-0.2, 0) is 16.1 Å². The van der Waals surface area contributed by atoms with Crippen LogP contribution in [0.3, 0.4) is 0 Å². The lowest BCUT2D eigenvalue weighted by Gasteiger charge is -2.19. The van der Waals surface area contributed by atoms with E-state index in [9.17, 15) is 4.79 Å². The maximum Gasteiger partial charge on any atom is 0.301 e. The van der Waals surface area contributed by atoms with Crippen LogP contribution in [0.1, 0.15) is 36.9 Å². The van der Waals surface area contributed by atoms with Gasteiger partial charge in [0.25, 0.3) is 0 Å². The molecule has 0 aliphatic heterocycles. The average molecular weight is 256 g/mol. The standard InChI is InChI=1S/C12H20N2O4/c1-12(2,3)18-7-6-16-8-9-4-5-17-10(9)11(15)14-13/h4-5H,6-8,13H2,1-3H3,(H,14,15). The van der Waals surface area contributed by atoms with Gasteiger partial charge < -0.3 is 13.9 Å². The fourth-order valence-corrected chi connectivity index (χ4v) is 1.30. The number of nitrogen functional groups attached to an aromatic ring is 1. The second-order valence-electron chi connectivity index (χ2n) is 4.76. The summed E-state index contributed by atoms with van der Waals surface area (Å²) >= 11 is 0. The molecule has 102 valence electrons. The van der Waals surface area contributed by atoms with E-state index in [0.29, 0.717) is 18.8 Å². The molecule has 0 spiro atoms. The summed E-state index contributed by atoms with van der Waals surface area (Å²) in [5.74, 6) is 4.74. The van der Waals surface area contributed by atoms with Crippen LogP contribution in [0.25, 0.3) is 0 Å². The van der Waals surface area contributed by atoms with Gasteiger partial charge in [0.05, 0.1) is 31.7 Å². The fraction of sp³-hybridized carbons (Fsp3) is 0.583. The number of amides is 1. The molecule has 0 aliphatic rings. The topological polar surface area (TPSA) is 86.7 Å². The Labute approximate surface area is 106 Å². The molecule has 0 bridgehead atoms. The van der Waals surface area contributed by atoms with Crippen LogP contribution in [0.4, 0.5) is 0 Å². The van der Waals surface area contributed by atoms with Crippen molar-refractivity contribution in [2.24, 2.45) is 5.84 Å². The van der Waals surface area contributed by atoms with Crippen LogP contribution < -0.4 is 11.3 Å². The monoisotopic (exact) mass is 256 g/mol. The molecule has 0 fully saturated rings. The Morgan fingerprint density at radius 3 is 2.78 bits per heavy atom. The summed E-state index contributed by atoms with van der Waals surface area (Å²) in [6.45, 7) is 7.17. The Bertz CT molecular complexity index is 382. The van der Waals surface area contributed by atoms with Gasteiger partial charge in [0.1, 0.15) is 0 Å². The number of hydrogen-bond acceptors (Lipinski definition) is 5. The molecule has 0 saturated carbocycles. The zero-order chi connectivity index (χ0) is 13.6. The average Bonchev–Trinajstić information content (AvgIpc) is 2.74. The number of nitrogens with two attached hydrogens (primary N) is 1. The van der Waals surface area contributed by atoms with Crippen molar-refractivity contribution in [2.45, 2.75) is 33.0 Å². The summed E-state index contributed by atoms with van der Waals surface area (Å²) in [6.07, 6.45) is 1.43. The molecule has 0 aliphatic carbocycles. The maximum absolute atomic E-state index is 11.3. The van der Waals surface area contributed by atoms with Crippen LogP contribution in [0.5, 0.6) is 0 Å². The highest BCUT2D eigenvalue weighted by atomic mass is 16.5. The van der Waals surface area contributed by atoms with Gasteiger partial charge in [-0.25, -0.2) is 5.84 Å². The number of rotatable bonds is 6. The molecule has 1 heterocycles. The lowest BCUT2D eigenvalue weighted by Crippen LogP contribution is -2.30. The van der Waals surface area contributed by atoms with Crippen molar-refractivity contribution in [3.05, 3.63) is 23.7 Å². The Morgan fingerprint density at radius 2 is 2.17 bits per heavy atom. The second kappa shape index (κ2) is 6.53. The summed E-state index contributed by atoms with van der Waals surface area (Å²) in [4.78, 5) is 11.3. The zero-order valence-corrected chi connectivity index (χ0v) is 11.0. The van der Waals surface area contributed by atoms with Crippen LogP contribution in [0.15, 0.2) is 16.7 Å². The van der Waals surface area contributed by atoms with Gasteiger partial charge in [-0.3, -0.25) is 10.2 Å². The third-order valence-electron chi connectivity index (χ3n) is 2.10. The number of hydrogen-bond donors (Lipinski definition) is 2. The van der Waals surface area contributed by atoms with Crippen molar-refractivity contribution in [2.75, 3.05) is 13.2 Å². The van der Waals surface area contributed by atoms with Gasteiger partial charge in [0.2, 0.25) is 0 Å². The highest BCUT2D eigenvalue weighted by Gasteiger charge is 2.14. The van der Waals surface area contributed by atoms with Gasteiger partial charge in [-0.15, -0.1) is 0 Å². The molecule has 6 nitrogen and oxygen atoms in total. The molecular formula is C12H20N2O4. The smallest absolute Gasteiger partial charge is 0.301 e. The highest BCUT2D eigenvalue weighted by molar-refractivity contribution is 5.92. The molecule has 1 rings (SSSR count). The first-order valence-corrected chi connectivity index (χ1v) is 5.73. The van der Waals surface area contributed by atoms with E-state index in [1.165, 1.54) is 6.26 Å². The first kappa shape index (κ1) is 14.7. The zero-order valence-electron chi connectivity index (χ0n) is 11.0. The number of ether oxygens (including phenoxy) is 2. The van der Waals surface area contributed by atoms with Gasteiger partial charge >= 0.3 is 5.91 Å². The predicted molar refractivity (Wildman–Crippen MR) is 65.7 cm³/mol. The minimum Gasteiger partial charge on any atom is -0.459 e. The minimum atomic E-state index is -0.468. The van der Waals surface area contributed by atoms with E-state index in [1.807, 2.05) is 26.2 Å². The van der Waals surface area contributed by atoms with Crippen molar-refractivity contribution in [1.82, 2.24) is 5.43 Å². The molecule has 3 N–H and O–H groups in total. The van der Waals surface area contributed by atoms with E-state index in [0.717, 1.165) is 0 Å². The quantitative estimate of drug-likeness (QED) is 0.346. The highest BCUT2D eigenvalue weighted by Crippen LogP contribution is 2.12. The van der Waals surface area contributed by atoms with E-state index < -0.39 is 5.91 Å². The van der Waals surface area contributed by atoms with Crippen molar-refractivity contribution in [1.29, 1.82) is 0 Å². The third kappa shape index (κ3) is 4.87. The fourth-order valence-electron chi connectivity index (χ4n) is 1.30. The third-order valence-corrected chi connectivity index (χ3v) is 2.10. The first-order valence-electron chi connectivity index (χ1n) is 5.73. The normalized spacial score (nSPS) is 11.6. The van der Waals surface area contributed by atoms with Crippen molar-refractivity contribution < 1.29 is 18.7 Å². The summed E-state index contributed by atoms with van der Waals surface area (Å²) in [5.41, 5.74) is 2.50. The van der Waals surface area contributed by atoms with Crippen LogP contribution in [0.2, 0.25) is 0 Å². The molecule has 18 heavy (non-hydrogen) atoms. The summed E-state index contributed by atoms with van der Waals surface area (Å²) < 4.78 is 15.9. The minimum absolute atomic E-state index is 0.175. The number of carbonyl (C=O) groups is 1. The Morgan fingerprint density at radius 1 is 1.44 bits per heavy atom.